The largest absolute Gasteiger partial charge is 0.349 e. The molecule has 0 unspecified atom stereocenters. The predicted octanol–water partition coefficient (Wildman–Crippen LogP) is 4.11. The molecule has 2 aromatic carbocycles. The molecule has 0 aliphatic rings. The summed E-state index contributed by atoms with van der Waals surface area (Å²) in [5.41, 5.74) is 1.45. The van der Waals surface area contributed by atoms with Crippen molar-refractivity contribution in [2.24, 2.45) is 0 Å². The van der Waals surface area contributed by atoms with Gasteiger partial charge < -0.3 is 15.5 Å². The van der Waals surface area contributed by atoms with Crippen molar-refractivity contribution in [3.63, 3.8) is 0 Å². The molecule has 0 spiro atoms. The maximum atomic E-state index is 12.3. The molecule has 0 aliphatic carbocycles. The molecule has 3 rings (SSSR count). The molecular formula is C20H24N4OS. The lowest BCUT2D eigenvalue weighted by molar-refractivity contribution is 0.0944. The van der Waals surface area contributed by atoms with Crippen LogP contribution < -0.4 is 10.6 Å². The normalized spacial score (nSPS) is 11.0. The van der Waals surface area contributed by atoms with Crippen molar-refractivity contribution in [2.75, 3.05) is 31.5 Å². The number of nitrogens with one attached hydrogen (secondary N) is 2. The van der Waals surface area contributed by atoms with Crippen LogP contribution in [0, 0.1) is 0 Å². The Morgan fingerprint density at radius 1 is 1.12 bits per heavy atom. The highest BCUT2D eigenvalue weighted by molar-refractivity contribution is 7.14. The molecule has 0 aliphatic heterocycles. The second-order valence-corrected chi connectivity index (χ2v) is 6.83. The zero-order valence-electron chi connectivity index (χ0n) is 15.2. The molecule has 0 saturated heterocycles. The van der Waals surface area contributed by atoms with Crippen LogP contribution >= 0.6 is 11.3 Å². The second-order valence-electron chi connectivity index (χ2n) is 5.97. The van der Waals surface area contributed by atoms with Crippen molar-refractivity contribution in [1.82, 2.24) is 15.2 Å². The van der Waals surface area contributed by atoms with E-state index in [1.165, 1.54) is 16.7 Å². The van der Waals surface area contributed by atoms with Crippen LogP contribution in [0.1, 0.15) is 24.3 Å². The minimum absolute atomic E-state index is 0.126. The summed E-state index contributed by atoms with van der Waals surface area (Å²) in [6, 6.07) is 14.3. The lowest BCUT2D eigenvalue weighted by Gasteiger charge is -2.17. The Hall–Kier alpha value is -2.44. The number of hydrogen-bond donors (Lipinski definition) is 2. The topological polar surface area (TPSA) is 57.3 Å². The number of carbonyl (C=O) groups excluding carboxylic acids is 1. The van der Waals surface area contributed by atoms with Gasteiger partial charge in [-0.05, 0) is 24.5 Å². The van der Waals surface area contributed by atoms with Gasteiger partial charge in [0.25, 0.3) is 5.91 Å². The van der Waals surface area contributed by atoms with Crippen LogP contribution in [0.2, 0.25) is 0 Å². The number of nitrogens with zero attached hydrogens (tertiary/aromatic N) is 2. The molecule has 0 bridgehead atoms. The van der Waals surface area contributed by atoms with Crippen molar-refractivity contribution in [3.8, 4) is 0 Å². The standard InChI is InChI=1S/C20H24N4OS/c1-3-24(4-2)13-12-21-19(25)18-14-26-20(23-18)22-17-11-7-9-15-8-5-6-10-16(15)17/h5-11,14H,3-4,12-13H2,1-2H3,(H,21,25)(H,22,23). The second kappa shape index (κ2) is 8.78. The van der Waals surface area contributed by atoms with Crippen LogP contribution in [0.3, 0.4) is 0 Å². The van der Waals surface area contributed by atoms with Gasteiger partial charge in [0.1, 0.15) is 5.69 Å². The molecule has 26 heavy (non-hydrogen) atoms. The lowest BCUT2D eigenvalue weighted by atomic mass is 10.1. The van der Waals surface area contributed by atoms with E-state index in [1.807, 2.05) is 24.3 Å². The first-order valence-corrected chi connectivity index (χ1v) is 9.80. The Labute approximate surface area is 158 Å². The number of amides is 1. The van der Waals surface area contributed by atoms with E-state index in [0.29, 0.717) is 12.2 Å². The summed E-state index contributed by atoms with van der Waals surface area (Å²) in [6.07, 6.45) is 0. The van der Waals surface area contributed by atoms with Crippen LogP contribution in [-0.4, -0.2) is 42.0 Å². The van der Waals surface area contributed by atoms with E-state index in [1.54, 1.807) is 5.38 Å². The van der Waals surface area contributed by atoms with Gasteiger partial charge >= 0.3 is 0 Å². The van der Waals surface area contributed by atoms with Crippen LogP contribution in [0.15, 0.2) is 47.8 Å². The van der Waals surface area contributed by atoms with Gasteiger partial charge in [0.2, 0.25) is 0 Å². The van der Waals surface area contributed by atoms with E-state index in [0.717, 1.165) is 35.8 Å². The minimum Gasteiger partial charge on any atom is -0.349 e. The van der Waals surface area contributed by atoms with Crippen molar-refractivity contribution < 1.29 is 4.79 Å². The van der Waals surface area contributed by atoms with Crippen molar-refractivity contribution in [3.05, 3.63) is 53.5 Å². The maximum Gasteiger partial charge on any atom is 0.270 e. The van der Waals surface area contributed by atoms with E-state index in [9.17, 15) is 4.79 Å². The summed E-state index contributed by atoms with van der Waals surface area (Å²) >= 11 is 1.44. The lowest BCUT2D eigenvalue weighted by Crippen LogP contribution is -2.34. The molecule has 2 N–H and O–H groups in total. The first kappa shape index (κ1) is 18.4. The molecule has 0 atom stereocenters. The third-order valence-electron chi connectivity index (χ3n) is 4.38. The number of thiazole rings is 1. The zero-order valence-corrected chi connectivity index (χ0v) is 16.0. The van der Waals surface area contributed by atoms with E-state index < -0.39 is 0 Å². The van der Waals surface area contributed by atoms with E-state index in [4.69, 9.17) is 0 Å². The Morgan fingerprint density at radius 2 is 1.88 bits per heavy atom. The molecule has 0 fully saturated rings. The number of benzene rings is 2. The molecule has 6 heteroatoms. The summed E-state index contributed by atoms with van der Waals surface area (Å²) in [7, 11) is 0. The number of rotatable bonds is 8. The van der Waals surface area contributed by atoms with Gasteiger partial charge in [-0.25, -0.2) is 4.98 Å². The van der Waals surface area contributed by atoms with E-state index in [-0.39, 0.29) is 5.91 Å². The zero-order chi connectivity index (χ0) is 18.4. The molecule has 1 heterocycles. The average Bonchev–Trinajstić information content (AvgIpc) is 3.14. The fourth-order valence-corrected chi connectivity index (χ4v) is 3.55. The molecule has 0 radical (unpaired) electrons. The minimum atomic E-state index is -0.126. The van der Waals surface area contributed by atoms with Gasteiger partial charge in [-0.15, -0.1) is 11.3 Å². The van der Waals surface area contributed by atoms with Crippen molar-refractivity contribution in [1.29, 1.82) is 0 Å². The molecule has 136 valence electrons. The van der Waals surface area contributed by atoms with Gasteiger partial charge in [0.15, 0.2) is 5.13 Å². The fraction of sp³-hybridized carbons (Fsp3) is 0.300. The highest BCUT2D eigenvalue weighted by Crippen LogP contribution is 2.27. The summed E-state index contributed by atoms with van der Waals surface area (Å²) in [4.78, 5) is 19.0. The monoisotopic (exact) mass is 368 g/mol. The number of anilines is 2. The van der Waals surface area contributed by atoms with Crippen LogP contribution in [0.5, 0.6) is 0 Å². The first-order valence-electron chi connectivity index (χ1n) is 8.92. The molecule has 1 amide bonds. The predicted molar refractivity (Wildman–Crippen MR) is 109 cm³/mol. The smallest absolute Gasteiger partial charge is 0.270 e. The number of hydrogen-bond acceptors (Lipinski definition) is 5. The Bertz CT molecular complexity index is 868. The third-order valence-corrected chi connectivity index (χ3v) is 5.13. The number of carbonyl (C=O) groups is 1. The van der Waals surface area contributed by atoms with Gasteiger partial charge in [0, 0.05) is 29.5 Å². The van der Waals surface area contributed by atoms with Gasteiger partial charge in [-0.3, -0.25) is 4.79 Å². The van der Waals surface area contributed by atoms with Gasteiger partial charge in [0.05, 0.1) is 0 Å². The maximum absolute atomic E-state index is 12.3. The molecular weight excluding hydrogens is 344 g/mol. The van der Waals surface area contributed by atoms with Crippen molar-refractivity contribution in [2.45, 2.75) is 13.8 Å². The molecule has 0 saturated carbocycles. The first-order chi connectivity index (χ1) is 12.7. The average molecular weight is 369 g/mol. The molecule has 3 aromatic rings. The number of aromatic nitrogens is 1. The van der Waals surface area contributed by atoms with E-state index in [2.05, 4.69) is 52.6 Å². The third kappa shape index (κ3) is 4.39. The Balaban J connectivity index is 1.63. The van der Waals surface area contributed by atoms with Crippen LogP contribution in [0.25, 0.3) is 10.8 Å². The van der Waals surface area contributed by atoms with Gasteiger partial charge in [-0.1, -0.05) is 50.2 Å². The highest BCUT2D eigenvalue weighted by Gasteiger charge is 2.11. The fourth-order valence-electron chi connectivity index (χ4n) is 2.84. The summed E-state index contributed by atoms with van der Waals surface area (Å²) in [6.45, 7) is 7.70. The molecule has 5 nitrogen and oxygen atoms in total. The van der Waals surface area contributed by atoms with Crippen LogP contribution in [0.4, 0.5) is 10.8 Å². The van der Waals surface area contributed by atoms with Crippen molar-refractivity contribution >= 4 is 38.8 Å². The number of fused-ring (bicyclic) bond motifs is 1. The highest BCUT2D eigenvalue weighted by atomic mass is 32.1. The quantitative estimate of drug-likeness (QED) is 0.628. The SMILES string of the molecule is CCN(CC)CCNC(=O)c1csc(Nc2cccc3ccccc23)n1. The van der Waals surface area contributed by atoms with Gasteiger partial charge in [-0.2, -0.15) is 0 Å². The summed E-state index contributed by atoms with van der Waals surface area (Å²) in [5.74, 6) is -0.126. The number of likely N-dealkylation sites (N-methyl/N-ethyl adjacent to an activating group) is 1. The Morgan fingerprint density at radius 3 is 2.69 bits per heavy atom. The van der Waals surface area contributed by atoms with E-state index >= 15 is 0 Å². The summed E-state index contributed by atoms with van der Waals surface area (Å²) in [5, 5.41) is 11.1. The Kier molecular flexibility index (Phi) is 6.20. The van der Waals surface area contributed by atoms with Crippen LogP contribution in [-0.2, 0) is 0 Å². The summed E-state index contributed by atoms with van der Waals surface area (Å²) < 4.78 is 0. The molecule has 1 aromatic heterocycles.